The highest BCUT2D eigenvalue weighted by Crippen LogP contribution is 2.54. The Labute approximate surface area is 185 Å². The Balaban J connectivity index is 1.36. The molecule has 5 rings (SSSR count). The molecule has 2 saturated carbocycles. The number of nitrogens with one attached hydrogen (secondary N) is 1. The van der Waals surface area contributed by atoms with Crippen molar-refractivity contribution < 1.29 is 9.59 Å². The molecule has 1 N–H and O–H groups in total. The second kappa shape index (κ2) is 8.42. The lowest BCUT2D eigenvalue weighted by molar-refractivity contribution is -0.128. The van der Waals surface area contributed by atoms with E-state index in [4.69, 9.17) is 4.99 Å². The number of carbonyl (C=O) groups is 2. The molecular formula is C23H25N5O2S. The van der Waals surface area contributed by atoms with Crippen LogP contribution in [0.15, 0.2) is 47.8 Å². The second-order valence-electron chi connectivity index (χ2n) is 8.34. The van der Waals surface area contributed by atoms with Crippen LogP contribution in [-0.4, -0.2) is 43.1 Å². The predicted octanol–water partition coefficient (Wildman–Crippen LogP) is 3.80. The van der Waals surface area contributed by atoms with E-state index in [-0.39, 0.29) is 24.3 Å². The van der Waals surface area contributed by atoms with Crippen molar-refractivity contribution in [2.45, 2.75) is 50.3 Å². The van der Waals surface area contributed by atoms with Gasteiger partial charge in [-0.25, -0.2) is 9.98 Å². The number of aromatic nitrogens is 2. The van der Waals surface area contributed by atoms with Crippen molar-refractivity contribution in [2.24, 2.45) is 16.8 Å². The lowest BCUT2D eigenvalue weighted by Gasteiger charge is -2.17. The number of amidine groups is 1. The fourth-order valence-electron chi connectivity index (χ4n) is 4.27. The van der Waals surface area contributed by atoms with Gasteiger partial charge >= 0.3 is 0 Å². The maximum Gasteiger partial charge on any atom is 0.242 e. The molecule has 2 amide bonds. The SMILES string of the molecule is CCc1ccccc1N=C1SC(CC(=O)Nc2cnccn2)C(=O)N1[C@@H]1C[C@H]1C1CC1. The topological polar surface area (TPSA) is 87.5 Å². The van der Waals surface area contributed by atoms with E-state index < -0.39 is 5.25 Å². The van der Waals surface area contributed by atoms with E-state index in [0.29, 0.717) is 11.7 Å². The lowest BCUT2D eigenvalue weighted by atomic mass is 10.1. The molecule has 1 saturated heterocycles. The van der Waals surface area contributed by atoms with Crippen LogP contribution < -0.4 is 5.32 Å². The van der Waals surface area contributed by atoms with E-state index in [0.717, 1.165) is 35.2 Å². The Hall–Kier alpha value is -2.74. The molecule has 2 aliphatic carbocycles. The Morgan fingerprint density at radius 2 is 2.13 bits per heavy atom. The standard InChI is InChI=1S/C23H25N5O2S/c1-2-14-5-3-4-6-17(14)26-23-28(18-11-16(18)15-7-8-15)22(30)19(31-23)12-21(29)27-20-13-24-9-10-25-20/h3-6,9-10,13,15-16,18-19H,2,7-8,11-12H2,1H3,(H,25,27,29)/t16-,18+,19?/m0/s1. The van der Waals surface area contributed by atoms with Gasteiger partial charge in [0.25, 0.3) is 0 Å². The summed E-state index contributed by atoms with van der Waals surface area (Å²) in [5.41, 5.74) is 2.06. The third kappa shape index (κ3) is 4.35. The molecule has 3 fully saturated rings. The van der Waals surface area contributed by atoms with E-state index in [1.54, 1.807) is 6.20 Å². The van der Waals surface area contributed by atoms with Gasteiger partial charge in [0.2, 0.25) is 11.8 Å². The Morgan fingerprint density at radius 3 is 2.87 bits per heavy atom. The van der Waals surface area contributed by atoms with Gasteiger partial charge in [0.05, 0.1) is 11.9 Å². The van der Waals surface area contributed by atoms with Gasteiger partial charge in [0.1, 0.15) is 5.25 Å². The molecule has 2 heterocycles. The van der Waals surface area contributed by atoms with Gasteiger partial charge in [-0.1, -0.05) is 36.9 Å². The Bertz CT molecular complexity index is 1020. The number of thioether (sulfide) groups is 1. The molecule has 1 unspecified atom stereocenters. The van der Waals surface area contributed by atoms with Crippen LogP contribution in [0, 0.1) is 11.8 Å². The average molecular weight is 436 g/mol. The van der Waals surface area contributed by atoms with Crippen molar-refractivity contribution in [1.82, 2.24) is 14.9 Å². The molecule has 1 aromatic carbocycles. The molecule has 0 spiro atoms. The van der Waals surface area contributed by atoms with Crippen molar-refractivity contribution in [3.05, 3.63) is 48.4 Å². The van der Waals surface area contributed by atoms with Gasteiger partial charge in [0, 0.05) is 24.9 Å². The minimum atomic E-state index is -0.468. The molecule has 1 aromatic heterocycles. The smallest absolute Gasteiger partial charge is 0.242 e. The summed E-state index contributed by atoms with van der Waals surface area (Å²) in [6.45, 7) is 2.10. The number of anilines is 1. The summed E-state index contributed by atoms with van der Waals surface area (Å²) < 4.78 is 0. The number of amides is 2. The number of rotatable bonds is 7. The summed E-state index contributed by atoms with van der Waals surface area (Å²) >= 11 is 1.41. The predicted molar refractivity (Wildman–Crippen MR) is 121 cm³/mol. The summed E-state index contributed by atoms with van der Waals surface area (Å²) in [4.78, 5) is 40.7. The van der Waals surface area contributed by atoms with Crippen LogP contribution in [0.3, 0.4) is 0 Å². The number of aliphatic imine (C=N–C) groups is 1. The number of hydrogen-bond acceptors (Lipinski definition) is 6. The summed E-state index contributed by atoms with van der Waals surface area (Å²) in [5.74, 6) is 1.49. The second-order valence-corrected chi connectivity index (χ2v) is 9.51. The molecular weight excluding hydrogens is 410 g/mol. The number of hydrogen-bond donors (Lipinski definition) is 1. The van der Waals surface area contributed by atoms with E-state index in [9.17, 15) is 9.59 Å². The van der Waals surface area contributed by atoms with Crippen molar-refractivity contribution in [1.29, 1.82) is 0 Å². The van der Waals surface area contributed by atoms with Crippen LogP contribution in [0.25, 0.3) is 0 Å². The average Bonchev–Trinajstić information content (AvgIpc) is 3.68. The first kappa shape index (κ1) is 20.2. The van der Waals surface area contributed by atoms with Crippen LogP contribution in [0.5, 0.6) is 0 Å². The lowest BCUT2D eigenvalue weighted by Crippen LogP contribution is -2.36. The molecule has 1 aliphatic heterocycles. The Morgan fingerprint density at radius 1 is 1.29 bits per heavy atom. The molecule has 3 atom stereocenters. The van der Waals surface area contributed by atoms with Crippen LogP contribution in [0.1, 0.15) is 38.2 Å². The van der Waals surface area contributed by atoms with Crippen molar-refractivity contribution in [3.63, 3.8) is 0 Å². The molecule has 3 aliphatic rings. The zero-order valence-corrected chi connectivity index (χ0v) is 18.2. The molecule has 8 heteroatoms. The number of carbonyl (C=O) groups excluding carboxylic acids is 2. The van der Waals surface area contributed by atoms with Crippen LogP contribution in [0.2, 0.25) is 0 Å². The number of nitrogens with zero attached hydrogens (tertiary/aromatic N) is 4. The zero-order chi connectivity index (χ0) is 21.4. The van der Waals surface area contributed by atoms with Gasteiger partial charge in [-0.2, -0.15) is 0 Å². The van der Waals surface area contributed by atoms with Crippen LogP contribution in [0.4, 0.5) is 11.5 Å². The van der Waals surface area contributed by atoms with Crippen LogP contribution >= 0.6 is 11.8 Å². The number of benzene rings is 1. The molecule has 0 bridgehead atoms. The molecule has 2 aromatic rings. The summed E-state index contributed by atoms with van der Waals surface area (Å²) in [5, 5.41) is 3.00. The highest BCUT2D eigenvalue weighted by Gasteiger charge is 2.56. The summed E-state index contributed by atoms with van der Waals surface area (Å²) in [6.07, 6.45) is 9.11. The zero-order valence-electron chi connectivity index (χ0n) is 17.4. The maximum atomic E-state index is 13.3. The van der Waals surface area contributed by atoms with E-state index >= 15 is 0 Å². The van der Waals surface area contributed by atoms with Crippen molar-refractivity contribution >= 4 is 40.2 Å². The van der Waals surface area contributed by atoms with Gasteiger partial charge in [-0.15, -0.1) is 0 Å². The minimum Gasteiger partial charge on any atom is -0.309 e. The summed E-state index contributed by atoms with van der Waals surface area (Å²) in [7, 11) is 0. The highest BCUT2D eigenvalue weighted by atomic mass is 32.2. The molecule has 7 nitrogen and oxygen atoms in total. The molecule has 160 valence electrons. The quantitative estimate of drug-likeness (QED) is 0.715. The van der Waals surface area contributed by atoms with E-state index in [1.807, 2.05) is 23.1 Å². The normalized spacial score (nSPS) is 26.4. The highest BCUT2D eigenvalue weighted by molar-refractivity contribution is 8.15. The van der Waals surface area contributed by atoms with Crippen molar-refractivity contribution in [2.75, 3.05) is 5.32 Å². The molecule has 0 radical (unpaired) electrons. The third-order valence-corrected chi connectivity index (χ3v) is 7.27. The summed E-state index contributed by atoms with van der Waals surface area (Å²) in [6, 6.07) is 8.28. The monoisotopic (exact) mass is 435 g/mol. The minimum absolute atomic E-state index is 0.000162. The van der Waals surface area contributed by atoms with Gasteiger partial charge < -0.3 is 5.32 Å². The first-order valence-electron chi connectivity index (χ1n) is 10.9. The largest absolute Gasteiger partial charge is 0.309 e. The maximum absolute atomic E-state index is 13.3. The fourth-order valence-corrected chi connectivity index (χ4v) is 5.47. The van der Waals surface area contributed by atoms with E-state index in [1.165, 1.54) is 37.0 Å². The molecule has 31 heavy (non-hydrogen) atoms. The van der Waals surface area contributed by atoms with Crippen molar-refractivity contribution in [3.8, 4) is 0 Å². The van der Waals surface area contributed by atoms with Crippen LogP contribution in [-0.2, 0) is 16.0 Å². The van der Waals surface area contributed by atoms with Gasteiger partial charge in [-0.3, -0.25) is 19.5 Å². The number of para-hydroxylation sites is 1. The first-order valence-corrected chi connectivity index (χ1v) is 11.7. The first-order chi connectivity index (χ1) is 15.1. The van der Waals surface area contributed by atoms with Gasteiger partial charge in [0.15, 0.2) is 11.0 Å². The number of aryl methyl sites for hydroxylation is 1. The Kier molecular flexibility index (Phi) is 5.48. The fraction of sp³-hybridized carbons (Fsp3) is 0.435. The van der Waals surface area contributed by atoms with E-state index in [2.05, 4.69) is 28.3 Å². The third-order valence-electron chi connectivity index (χ3n) is 6.12. The van der Waals surface area contributed by atoms with Gasteiger partial charge in [-0.05, 0) is 49.1 Å².